The molecule has 0 atom stereocenters. The summed E-state index contributed by atoms with van der Waals surface area (Å²) in [6.45, 7) is 6.69. The van der Waals surface area contributed by atoms with Crippen molar-refractivity contribution in [3.63, 3.8) is 0 Å². The number of methoxy groups -OCH3 is 1. The highest BCUT2D eigenvalue weighted by Gasteiger charge is 2.03. The van der Waals surface area contributed by atoms with Gasteiger partial charge in [-0.05, 0) is 13.0 Å². The van der Waals surface area contributed by atoms with Crippen LogP contribution in [0.1, 0.15) is 24.8 Å². The maximum Gasteiger partial charge on any atom is 0.162 e. The van der Waals surface area contributed by atoms with Crippen molar-refractivity contribution in [3.05, 3.63) is 17.5 Å². The highest BCUT2D eigenvalue weighted by Crippen LogP contribution is 2.04. The first kappa shape index (κ1) is 16.1. The predicted octanol–water partition coefficient (Wildman–Crippen LogP) is 1.35. The van der Waals surface area contributed by atoms with Crippen LogP contribution < -0.4 is 5.32 Å². The Bertz CT molecular complexity index is 317. The summed E-state index contributed by atoms with van der Waals surface area (Å²) in [5.74, 6) is 0.743. The van der Waals surface area contributed by atoms with Crippen LogP contribution in [0.4, 0.5) is 0 Å². The molecule has 6 heteroatoms. The second-order valence-corrected chi connectivity index (χ2v) is 4.08. The largest absolute Gasteiger partial charge is 0.385 e. The lowest BCUT2D eigenvalue weighted by Crippen LogP contribution is -2.11. The number of hydrogen-bond donors (Lipinski definition) is 1. The molecule has 0 aliphatic rings. The van der Waals surface area contributed by atoms with E-state index < -0.39 is 0 Å². The quantitative estimate of drug-likeness (QED) is 0.579. The molecule has 0 bridgehead atoms. The Labute approximate surface area is 114 Å². The average Bonchev–Trinajstić information content (AvgIpc) is 2.87. The lowest BCUT2D eigenvalue weighted by molar-refractivity contribution is 0.0272. The Kier molecular flexibility index (Phi) is 9.26. The van der Waals surface area contributed by atoms with Gasteiger partial charge in [-0.2, -0.15) is 0 Å². The van der Waals surface area contributed by atoms with Crippen molar-refractivity contribution < 1.29 is 18.7 Å². The molecule has 1 heterocycles. The monoisotopic (exact) mass is 272 g/mol. The van der Waals surface area contributed by atoms with E-state index in [2.05, 4.69) is 17.4 Å². The van der Waals surface area contributed by atoms with Crippen LogP contribution in [-0.2, 0) is 27.4 Å². The molecule has 19 heavy (non-hydrogen) atoms. The first-order chi connectivity index (χ1) is 9.36. The van der Waals surface area contributed by atoms with Crippen molar-refractivity contribution >= 4 is 0 Å². The van der Waals surface area contributed by atoms with Crippen molar-refractivity contribution in [2.45, 2.75) is 26.5 Å². The van der Waals surface area contributed by atoms with Gasteiger partial charge in [0, 0.05) is 32.9 Å². The van der Waals surface area contributed by atoms with Gasteiger partial charge >= 0.3 is 0 Å². The number of rotatable bonds is 12. The molecule has 0 spiro atoms. The zero-order valence-electron chi connectivity index (χ0n) is 11.8. The minimum atomic E-state index is 0.431. The normalized spacial score (nSPS) is 11.1. The molecule has 1 aromatic heterocycles. The fourth-order valence-electron chi connectivity index (χ4n) is 1.46. The molecular weight excluding hydrogens is 248 g/mol. The molecule has 0 aromatic carbocycles. The second kappa shape index (κ2) is 10.9. The van der Waals surface area contributed by atoms with Crippen molar-refractivity contribution in [2.75, 3.05) is 40.1 Å². The molecule has 1 rings (SSSR count). The van der Waals surface area contributed by atoms with Crippen LogP contribution in [0.15, 0.2) is 10.6 Å². The molecule has 1 aromatic rings. The number of nitrogens with zero attached hydrogens (tertiary/aromatic N) is 1. The van der Waals surface area contributed by atoms with E-state index in [1.807, 2.05) is 6.07 Å². The van der Waals surface area contributed by atoms with Crippen LogP contribution in [0.3, 0.4) is 0 Å². The predicted molar refractivity (Wildman–Crippen MR) is 70.9 cm³/mol. The molecule has 0 fully saturated rings. The minimum absolute atomic E-state index is 0.431. The molecule has 0 saturated heterocycles. The number of ether oxygens (including phenoxy) is 3. The van der Waals surface area contributed by atoms with E-state index >= 15 is 0 Å². The SMILES string of the molecule is CCNCc1cc(COCCOCCCOC)on1. The Balaban J connectivity index is 1.98. The zero-order valence-corrected chi connectivity index (χ0v) is 11.8. The van der Waals surface area contributed by atoms with Crippen LogP contribution in [0.5, 0.6) is 0 Å². The molecule has 0 aliphatic heterocycles. The second-order valence-electron chi connectivity index (χ2n) is 4.08. The van der Waals surface area contributed by atoms with E-state index in [0.29, 0.717) is 26.4 Å². The molecule has 0 radical (unpaired) electrons. The molecule has 0 saturated carbocycles. The molecule has 0 aliphatic carbocycles. The highest BCUT2D eigenvalue weighted by atomic mass is 16.5. The van der Waals surface area contributed by atoms with E-state index in [4.69, 9.17) is 18.7 Å². The number of nitrogens with one attached hydrogen (secondary N) is 1. The topological polar surface area (TPSA) is 65.8 Å². The highest BCUT2D eigenvalue weighted by molar-refractivity contribution is 5.04. The molecule has 1 N–H and O–H groups in total. The maximum atomic E-state index is 5.43. The first-order valence-electron chi connectivity index (χ1n) is 6.66. The summed E-state index contributed by atoms with van der Waals surface area (Å²) in [4.78, 5) is 0. The summed E-state index contributed by atoms with van der Waals surface area (Å²) in [6, 6.07) is 1.90. The minimum Gasteiger partial charge on any atom is -0.385 e. The van der Waals surface area contributed by atoms with Gasteiger partial charge in [-0.3, -0.25) is 0 Å². The standard InChI is InChI=1S/C13H24N2O4/c1-3-14-10-12-9-13(19-15-12)11-18-8-7-17-6-4-5-16-2/h9,14H,3-8,10-11H2,1-2H3. The van der Waals surface area contributed by atoms with Gasteiger partial charge < -0.3 is 24.1 Å². The van der Waals surface area contributed by atoms with E-state index in [-0.39, 0.29) is 0 Å². The maximum absolute atomic E-state index is 5.43. The van der Waals surface area contributed by atoms with E-state index in [1.54, 1.807) is 7.11 Å². The van der Waals surface area contributed by atoms with E-state index in [0.717, 1.165) is 37.6 Å². The molecule has 0 amide bonds. The van der Waals surface area contributed by atoms with Gasteiger partial charge in [-0.1, -0.05) is 12.1 Å². The van der Waals surface area contributed by atoms with Crippen molar-refractivity contribution in [2.24, 2.45) is 0 Å². The number of aromatic nitrogens is 1. The Morgan fingerprint density at radius 1 is 1.21 bits per heavy atom. The van der Waals surface area contributed by atoms with E-state index in [1.165, 1.54) is 0 Å². The van der Waals surface area contributed by atoms with Gasteiger partial charge in [-0.15, -0.1) is 0 Å². The van der Waals surface area contributed by atoms with Crippen LogP contribution in [0.2, 0.25) is 0 Å². The number of hydrogen-bond acceptors (Lipinski definition) is 6. The van der Waals surface area contributed by atoms with Crippen LogP contribution in [0.25, 0.3) is 0 Å². The van der Waals surface area contributed by atoms with E-state index in [9.17, 15) is 0 Å². The van der Waals surface area contributed by atoms with Gasteiger partial charge in [0.05, 0.1) is 18.9 Å². The van der Waals surface area contributed by atoms with Gasteiger partial charge in [0.1, 0.15) is 6.61 Å². The van der Waals surface area contributed by atoms with Gasteiger partial charge in [0.15, 0.2) is 5.76 Å². The third-order valence-electron chi connectivity index (χ3n) is 2.42. The Hall–Kier alpha value is -0.950. The molecule has 0 unspecified atom stereocenters. The lowest BCUT2D eigenvalue weighted by atomic mass is 10.3. The summed E-state index contributed by atoms with van der Waals surface area (Å²) in [5, 5.41) is 7.12. The van der Waals surface area contributed by atoms with Gasteiger partial charge in [0.2, 0.25) is 0 Å². The van der Waals surface area contributed by atoms with Crippen molar-refractivity contribution in [3.8, 4) is 0 Å². The third kappa shape index (κ3) is 7.94. The van der Waals surface area contributed by atoms with Crippen LogP contribution in [0, 0.1) is 0 Å². The van der Waals surface area contributed by atoms with Crippen LogP contribution >= 0.6 is 0 Å². The van der Waals surface area contributed by atoms with Crippen molar-refractivity contribution in [1.29, 1.82) is 0 Å². The van der Waals surface area contributed by atoms with Gasteiger partial charge in [-0.25, -0.2) is 0 Å². The van der Waals surface area contributed by atoms with Gasteiger partial charge in [0.25, 0.3) is 0 Å². The van der Waals surface area contributed by atoms with Crippen molar-refractivity contribution in [1.82, 2.24) is 10.5 Å². The average molecular weight is 272 g/mol. The molecule has 6 nitrogen and oxygen atoms in total. The summed E-state index contributed by atoms with van der Waals surface area (Å²) in [6.07, 6.45) is 0.909. The Morgan fingerprint density at radius 3 is 2.84 bits per heavy atom. The smallest absolute Gasteiger partial charge is 0.162 e. The first-order valence-corrected chi connectivity index (χ1v) is 6.66. The Morgan fingerprint density at radius 2 is 2.05 bits per heavy atom. The molecular formula is C13H24N2O4. The zero-order chi connectivity index (χ0) is 13.8. The summed E-state index contributed by atoms with van der Waals surface area (Å²) in [5.41, 5.74) is 0.899. The summed E-state index contributed by atoms with van der Waals surface area (Å²) in [7, 11) is 1.69. The lowest BCUT2D eigenvalue weighted by Gasteiger charge is -2.03. The summed E-state index contributed by atoms with van der Waals surface area (Å²) >= 11 is 0. The fraction of sp³-hybridized carbons (Fsp3) is 0.769. The molecule has 110 valence electrons. The summed E-state index contributed by atoms with van der Waals surface area (Å²) < 4.78 is 20.9. The fourth-order valence-corrected chi connectivity index (χ4v) is 1.46. The third-order valence-corrected chi connectivity index (χ3v) is 2.42. The van der Waals surface area contributed by atoms with Crippen LogP contribution in [-0.4, -0.2) is 45.2 Å².